The van der Waals surface area contributed by atoms with Crippen molar-refractivity contribution in [1.29, 1.82) is 0 Å². The number of hydrogen-bond donors (Lipinski definition) is 1. The number of aliphatic hydroxyl groups excluding tert-OH is 1. The average Bonchev–Trinajstić information content (AvgIpc) is 2.30. The predicted octanol–water partition coefficient (Wildman–Crippen LogP) is 5.15. The molecule has 0 bridgehead atoms. The summed E-state index contributed by atoms with van der Waals surface area (Å²) in [6.07, 6.45) is -0.785. The molecule has 2 aromatic carbocycles. The molecule has 1 nitrogen and oxygen atoms in total. The lowest BCUT2D eigenvalue weighted by Gasteiger charge is -2.14. The summed E-state index contributed by atoms with van der Waals surface area (Å²) < 4.78 is 0.926. The molecule has 94 valence electrons. The summed E-state index contributed by atoms with van der Waals surface area (Å²) in [4.78, 5) is 0. The van der Waals surface area contributed by atoms with Crippen molar-refractivity contribution in [3.63, 3.8) is 0 Å². The topological polar surface area (TPSA) is 20.2 Å². The van der Waals surface area contributed by atoms with E-state index in [9.17, 15) is 5.11 Å². The Morgan fingerprint density at radius 3 is 2.50 bits per heavy atom. The molecule has 0 spiro atoms. The Hall–Kier alpha value is -0.540. The highest BCUT2D eigenvalue weighted by atomic mass is 79.9. The van der Waals surface area contributed by atoms with Crippen LogP contribution in [0.1, 0.15) is 22.8 Å². The van der Waals surface area contributed by atoms with Crippen molar-refractivity contribution >= 4 is 39.1 Å². The zero-order chi connectivity index (χ0) is 13.3. The molecular formula is C14H11BrCl2O. The number of halogens is 3. The molecule has 0 aromatic heterocycles. The summed E-state index contributed by atoms with van der Waals surface area (Å²) in [5.74, 6) is 0. The fraction of sp³-hybridized carbons (Fsp3) is 0.143. The van der Waals surface area contributed by atoms with Crippen molar-refractivity contribution in [3.8, 4) is 0 Å². The summed E-state index contributed by atoms with van der Waals surface area (Å²) in [6, 6.07) is 10.8. The van der Waals surface area contributed by atoms with Crippen molar-refractivity contribution in [3.05, 3.63) is 67.6 Å². The van der Waals surface area contributed by atoms with E-state index in [1.165, 1.54) is 0 Å². The van der Waals surface area contributed by atoms with Gasteiger partial charge in [0.05, 0.1) is 0 Å². The van der Waals surface area contributed by atoms with Gasteiger partial charge < -0.3 is 5.11 Å². The number of rotatable bonds is 2. The van der Waals surface area contributed by atoms with Crippen molar-refractivity contribution < 1.29 is 5.11 Å². The van der Waals surface area contributed by atoms with Crippen LogP contribution in [0, 0.1) is 6.92 Å². The third kappa shape index (κ3) is 3.07. The van der Waals surface area contributed by atoms with E-state index < -0.39 is 6.10 Å². The lowest BCUT2D eigenvalue weighted by atomic mass is 10.00. The highest BCUT2D eigenvalue weighted by molar-refractivity contribution is 9.10. The van der Waals surface area contributed by atoms with E-state index in [0.29, 0.717) is 15.6 Å². The van der Waals surface area contributed by atoms with E-state index in [2.05, 4.69) is 15.9 Å². The monoisotopic (exact) mass is 344 g/mol. The maximum Gasteiger partial charge on any atom is 0.106 e. The first-order chi connectivity index (χ1) is 8.47. The molecule has 0 amide bonds. The Labute approximate surface area is 124 Å². The quantitative estimate of drug-likeness (QED) is 0.798. The van der Waals surface area contributed by atoms with Gasteiger partial charge in [-0.25, -0.2) is 0 Å². The van der Waals surface area contributed by atoms with Crippen LogP contribution in [0.5, 0.6) is 0 Å². The summed E-state index contributed by atoms with van der Waals surface area (Å²) in [5.41, 5.74) is 2.46. The Kier molecular flexibility index (Phi) is 4.33. The summed E-state index contributed by atoms with van der Waals surface area (Å²) in [5, 5.41) is 11.4. The summed E-state index contributed by atoms with van der Waals surface area (Å²) in [6.45, 7) is 1.97. The first-order valence-corrected chi connectivity index (χ1v) is 6.92. The molecule has 0 saturated carbocycles. The maximum absolute atomic E-state index is 10.4. The van der Waals surface area contributed by atoms with Gasteiger partial charge in [0.1, 0.15) is 6.10 Å². The second-order valence-corrected chi connectivity index (χ2v) is 5.89. The lowest BCUT2D eigenvalue weighted by molar-refractivity contribution is 0.220. The number of aliphatic hydroxyl groups is 1. The van der Waals surface area contributed by atoms with E-state index in [4.69, 9.17) is 23.2 Å². The minimum Gasteiger partial charge on any atom is -0.384 e. The molecule has 18 heavy (non-hydrogen) atoms. The molecule has 1 N–H and O–H groups in total. The summed E-state index contributed by atoms with van der Waals surface area (Å²) in [7, 11) is 0. The van der Waals surface area contributed by atoms with Crippen molar-refractivity contribution in [2.45, 2.75) is 13.0 Å². The molecule has 0 aliphatic carbocycles. The molecule has 1 atom stereocenters. The Bertz CT molecular complexity index is 564. The van der Waals surface area contributed by atoms with E-state index in [1.807, 2.05) is 25.1 Å². The van der Waals surface area contributed by atoms with Gasteiger partial charge in [0.15, 0.2) is 0 Å². The van der Waals surface area contributed by atoms with Crippen LogP contribution in [0.3, 0.4) is 0 Å². The van der Waals surface area contributed by atoms with Gasteiger partial charge in [-0.05, 0) is 48.4 Å². The first kappa shape index (κ1) is 13.9. The van der Waals surface area contributed by atoms with E-state index in [0.717, 1.165) is 15.6 Å². The molecule has 0 heterocycles. The second kappa shape index (κ2) is 5.62. The molecule has 0 aliphatic rings. The molecule has 2 rings (SSSR count). The maximum atomic E-state index is 10.4. The fourth-order valence-corrected chi connectivity index (χ4v) is 2.85. The largest absolute Gasteiger partial charge is 0.384 e. The van der Waals surface area contributed by atoms with Crippen LogP contribution in [0.25, 0.3) is 0 Å². The Morgan fingerprint density at radius 2 is 1.83 bits per heavy atom. The third-order valence-corrected chi connectivity index (χ3v) is 3.67. The summed E-state index contributed by atoms with van der Waals surface area (Å²) >= 11 is 15.4. The van der Waals surface area contributed by atoms with Gasteiger partial charge in [-0.15, -0.1) is 0 Å². The predicted molar refractivity (Wildman–Crippen MR) is 79.4 cm³/mol. The van der Waals surface area contributed by atoms with Crippen LogP contribution in [-0.4, -0.2) is 5.11 Å². The zero-order valence-electron chi connectivity index (χ0n) is 9.62. The van der Waals surface area contributed by atoms with Crippen molar-refractivity contribution in [1.82, 2.24) is 0 Å². The van der Waals surface area contributed by atoms with E-state index >= 15 is 0 Å². The average molecular weight is 346 g/mol. The number of aryl methyl sites for hydroxylation is 1. The van der Waals surface area contributed by atoms with Crippen LogP contribution >= 0.6 is 39.1 Å². The number of benzene rings is 2. The molecule has 0 aliphatic heterocycles. The van der Waals surface area contributed by atoms with Crippen molar-refractivity contribution in [2.75, 3.05) is 0 Å². The van der Waals surface area contributed by atoms with E-state index in [-0.39, 0.29) is 0 Å². The molecule has 0 saturated heterocycles. The molecular weight excluding hydrogens is 335 g/mol. The molecule has 0 fully saturated rings. The highest BCUT2D eigenvalue weighted by Gasteiger charge is 2.15. The van der Waals surface area contributed by atoms with Gasteiger partial charge in [-0.2, -0.15) is 0 Å². The van der Waals surface area contributed by atoms with Crippen LogP contribution in [0.4, 0.5) is 0 Å². The zero-order valence-corrected chi connectivity index (χ0v) is 12.7. The van der Waals surface area contributed by atoms with Crippen LogP contribution in [-0.2, 0) is 0 Å². The lowest BCUT2D eigenvalue weighted by Crippen LogP contribution is -2.01. The minimum absolute atomic E-state index is 0.504. The SMILES string of the molecule is Cc1cc(Br)cc(C(O)c2cc(Cl)ccc2Cl)c1. The van der Waals surface area contributed by atoms with Gasteiger partial charge in [0, 0.05) is 20.1 Å². The molecule has 1 unspecified atom stereocenters. The first-order valence-electron chi connectivity index (χ1n) is 5.37. The van der Waals surface area contributed by atoms with Gasteiger partial charge in [-0.3, -0.25) is 0 Å². The molecule has 2 aromatic rings. The van der Waals surface area contributed by atoms with Gasteiger partial charge in [0.2, 0.25) is 0 Å². The fourth-order valence-electron chi connectivity index (χ4n) is 1.83. The Morgan fingerprint density at radius 1 is 1.11 bits per heavy atom. The minimum atomic E-state index is -0.785. The van der Waals surface area contributed by atoms with Crippen LogP contribution in [0.2, 0.25) is 10.0 Å². The normalized spacial score (nSPS) is 12.5. The van der Waals surface area contributed by atoms with Crippen LogP contribution in [0.15, 0.2) is 40.9 Å². The van der Waals surface area contributed by atoms with Gasteiger partial charge in [0.25, 0.3) is 0 Å². The molecule has 0 radical (unpaired) electrons. The van der Waals surface area contributed by atoms with Crippen molar-refractivity contribution in [2.24, 2.45) is 0 Å². The van der Waals surface area contributed by atoms with Crippen LogP contribution < -0.4 is 0 Å². The second-order valence-electron chi connectivity index (χ2n) is 4.13. The van der Waals surface area contributed by atoms with E-state index in [1.54, 1.807) is 18.2 Å². The third-order valence-electron chi connectivity index (χ3n) is 2.63. The highest BCUT2D eigenvalue weighted by Crippen LogP contribution is 2.32. The molecule has 4 heteroatoms. The van der Waals surface area contributed by atoms with Gasteiger partial charge in [-0.1, -0.05) is 45.2 Å². The standard InChI is InChI=1S/C14H11BrCl2O/c1-8-4-9(6-10(15)5-8)14(18)12-7-11(16)2-3-13(12)17/h2-7,14,18H,1H3. The smallest absolute Gasteiger partial charge is 0.106 e. The van der Waals surface area contributed by atoms with Gasteiger partial charge >= 0.3 is 0 Å². The Balaban J connectivity index is 2.47. The number of hydrogen-bond acceptors (Lipinski definition) is 1.